The summed E-state index contributed by atoms with van der Waals surface area (Å²) in [4.78, 5) is 0. The lowest BCUT2D eigenvalue weighted by Gasteiger charge is -2.24. The van der Waals surface area contributed by atoms with E-state index in [1.165, 1.54) is 5.56 Å². The standard InChI is InChI=1S/C18H28O2/c1-6-20-18(3,4)13-9-7-8-10-16-14-15(2)11-12-17(16)19-5/h8,10-12,14H,6-7,9,13H2,1-5H3/b10-8+. The largest absolute Gasteiger partial charge is 0.496 e. The van der Waals surface area contributed by atoms with E-state index >= 15 is 0 Å². The van der Waals surface area contributed by atoms with E-state index in [0.29, 0.717) is 0 Å². The summed E-state index contributed by atoms with van der Waals surface area (Å²) in [5, 5.41) is 0. The molecule has 0 unspecified atom stereocenters. The summed E-state index contributed by atoms with van der Waals surface area (Å²) in [7, 11) is 1.71. The quantitative estimate of drug-likeness (QED) is 0.622. The van der Waals surface area contributed by atoms with Crippen LogP contribution in [0, 0.1) is 6.92 Å². The van der Waals surface area contributed by atoms with Crippen LogP contribution in [-0.4, -0.2) is 19.3 Å². The number of aryl methyl sites for hydroxylation is 1. The van der Waals surface area contributed by atoms with Crippen LogP contribution in [0.3, 0.4) is 0 Å². The van der Waals surface area contributed by atoms with Gasteiger partial charge in [-0.2, -0.15) is 0 Å². The molecule has 0 radical (unpaired) electrons. The van der Waals surface area contributed by atoms with Crippen molar-refractivity contribution in [1.29, 1.82) is 0 Å². The molecule has 0 spiro atoms. The fraction of sp³-hybridized carbons (Fsp3) is 0.556. The molecule has 0 N–H and O–H groups in total. The van der Waals surface area contributed by atoms with Crippen molar-refractivity contribution in [3.63, 3.8) is 0 Å². The fourth-order valence-electron chi connectivity index (χ4n) is 2.30. The summed E-state index contributed by atoms with van der Waals surface area (Å²) in [5.41, 5.74) is 2.39. The van der Waals surface area contributed by atoms with Crippen molar-refractivity contribution in [2.45, 2.75) is 52.6 Å². The Bertz CT molecular complexity index is 433. The molecule has 20 heavy (non-hydrogen) atoms. The van der Waals surface area contributed by atoms with Gasteiger partial charge in [0.2, 0.25) is 0 Å². The first-order valence-electron chi connectivity index (χ1n) is 7.43. The Labute approximate surface area is 123 Å². The van der Waals surface area contributed by atoms with Gasteiger partial charge in [0.15, 0.2) is 0 Å². The number of allylic oxidation sites excluding steroid dienone is 1. The monoisotopic (exact) mass is 276 g/mol. The molecule has 2 heteroatoms. The van der Waals surface area contributed by atoms with E-state index < -0.39 is 0 Å². The van der Waals surface area contributed by atoms with Gasteiger partial charge >= 0.3 is 0 Å². The summed E-state index contributed by atoms with van der Waals surface area (Å²) in [6.45, 7) is 9.24. The van der Waals surface area contributed by atoms with Crippen LogP contribution in [0.4, 0.5) is 0 Å². The van der Waals surface area contributed by atoms with Crippen molar-refractivity contribution < 1.29 is 9.47 Å². The molecular weight excluding hydrogens is 248 g/mol. The molecule has 0 aliphatic rings. The molecule has 1 rings (SSSR count). The lowest BCUT2D eigenvalue weighted by Crippen LogP contribution is -2.23. The Balaban J connectivity index is 2.47. The molecule has 0 aliphatic carbocycles. The lowest BCUT2D eigenvalue weighted by atomic mass is 10.0. The molecule has 0 atom stereocenters. The Hall–Kier alpha value is -1.28. The summed E-state index contributed by atoms with van der Waals surface area (Å²) in [6, 6.07) is 6.24. The van der Waals surface area contributed by atoms with Crippen LogP contribution >= 0.6 is 0 Å². The van der Waals surface area contributed by atoms with Gasteiger partial charge in [-0.15, -0.1) is 0 Å². The maximum absolute atomic E-state index is 5.70. The van der Waals surface area contributed by atoms with E-state index in [4.69, 9.17) is 9.47 Å². The van der Waals surface area contributed by atoms with Gasteiger partial charge in [-0.1, -0.05) is 23.8 Å². The van der Waals surface area contributed by atoms with Gasteiger partial charge in [-0.25, -0.2) is 0 Å². The predicted molar refractivity (Wildman–Crippen MR) is 86.3 cm³/mol. The van der Waals surface area contributed by atoms with Gasteiger partial charge in [-0.3, -0.25) is 0 Å². The summed E-state index contributed by atoms with van der Waals surface area (Å²) in [6.07, 6.45) is 7.65. The van der Waals surface area contributed by atoms with Gasteiger partial charge in [-0.05, 0) is 59.1 Å². The molecule has 0 aliphatic heterocycles. The zero-order chi connectivity index (χ0) is 15.0. The normalized spacial score (nSPS) is 12.1. The van der Waals surface area contributed by atoms with E-state index in [-0.39, 0.29) is 5.60 Å². The van der Waals surface area contributed by atoms with Gasteiger partial charge in [0.05, 0.1) is 12.7 Å². The first kappa shape index (κ1) is 16.8. The van der Waals surface area contributed by atoms with Crippen LogP contribution in [0.25, 0.3) is 6.08 Å². The lowest BCUT2D eigenvalue weighted by molar-refractivity contribution is -0.0171. The molecule has 2 nitrogen and oxygen atoms in total. The van der Waals surface area contributed by atoms with Crippen molar-refractivity contribution in [3.05, 3.63) is 35.4 Å². The number of ether oxygens (including phenoxy) is 2. The van der Waals surface area contributed by atoms with Crippen LogP contribution in [0.5, 0.6) is 5.75 Å². The molecule has 0 bridgehead atoms. The van der Waals surface area contributed by atoms with Gasteiger partial charge in [0, 0.05) is 12.2 Å². The highest BCUT2D eigenvalue weighted by Gasteiger charge is 2.15. The molecule has 0 heterocycles. The zero-order valence-electron chi connectivity index (χ0n) is 13.5. The molecule has 1 aromatic carbocycles. The molecule has 0 fully saturated rings. The average Bonchev–Trinajstić information content (AvgIpc) is 2.38. The minimum Gasteiger partial charge on any atom is -0.496 e. The Morgan fingerprint density at radius 3 is 2.65 bits per heavy atom. The number of unbranched alkanes of at least 4 members (excludes halogenated alkanes) is 1. The molecule has 0 aromatic heterocycles. The van der Waals surface area contributed by atoms with E-state index in [9.17, 15) is 0 Å². The number of benzene rings is 1. The number of methoxy groups -OCH3 is 1. The van der Waals surface area contributed by atoms with E-state index in [1.807, 2.05) is 13.0 Å². The van der Waals surface area contributed by atoms with Gasteiger partial charge in [0.1, 0.15) is 5.75 Å². The summed E-state index contributed by atoms with van der Waals surface area (Å²) < 4.78 is 11.1. The summed E-state index contributed by atoms with van der Waals surface area (Å²) in [5.74, 6) is 0.932. The van der Waals surface area contributed by atoms with Crippen molar-refractivity contribution in [3.8, 4) is 5.75 Å². The molecule has 0 amide bonds. The summed E-state index contributed by atoms with van der Waals surface area (Å²) >= 11 is 0. The molecule has 112 valence electrons. The number of rotatable bonds is 8. The van der Waals surface area contributed by atoms with E-state index in [2.05, 4.69) is 45.1 Å². The topological polar surface area (TPSA) is 18.5 Å². The predicted octanol–water partition coefficient (Wildman–Crippen LogP) is 5.00. The van der Waals surface area contributed by atoms with Crippen molar-refractivity contribution in [2.75, 3.05) is 13.7 Å². The maximum Gasteiger partial charge on any atom is 0.126 e. The Morgan fingerprint density at radius 2 is 2.00 bits per heavy atom. The zero-order valence-corrected chi connectivity index (χ0v) is 13.5. The minimum absolute atomic E-state index is 0.0103. The van der Waals surface area contributed by atoms with Gasteiger partial charge in [0.25, 0.3) is 0 Å². The van der Waals surface area contributed by atoms with Crippen molar-refractivity contribution in [2.24, 2.45) is 0 Å². The van der Waals surface area contributed by atoms with Crippen LogP contribution < -0.4 is 4.74 Å². The molecular formula is C18H28O2. The van der Waals surface area contributed by atoms with Crippen LogP contribution in [0.1, 0.15) is 51.2 Å². The highest BCUT2D eigenvalue weighted by atomic mass is 16.5. The first-order valence-corrected chi connectivity index (χ1v) is 7.43. The fourth-order valence-corrected chi connectivity index (χ4v) is 2.30. The number of hydrogen-bond donors (Lipinski definition) is 0. The molecule has 0 saturated carbocycles. The highest BCUT2D eigenvalue weighted by molar-refractivity contribution is 5.58. The maximum atomic E-state index is 5.70. The second kappa shape index (κ2) is 8.11. The Morgan fingerprint density at radius 1 is 1.25 bits per heavy atom. The van der Waals surface area contributed by atoms with Gasteiger partial charge < -0.3 is 9.47 Å². The van der Waals surface area contributed by atoms with Crippen LogP contribution in [-0.2, 0) is 4.74 Å². The van der Waals surface area contributed by atoms with Crippen LogP contribution in [0.2, 0.25) is 0 Å². The number of hydrogen-bond acceptors (Lipinski definition) is 2. The second-order valence-electron chi connectivity index (χ2n) is 5.73. The smallest absolute Gasteiger partial charge is 0.126 e. The van der Waals surface area contributed by atoms with Crippen molar-refractivity contribution in [1.82, 2.24) is 0 Å². The average molecular weight is 276 g/mol. The molecule has 0 saturated heterocycles. The third-order valence-corrected chi connectivity index (χ3v) is 3.37. The third-order valence-electron chi connectivity index (χ3n) is 3.37. The Kier molecular flexibility index (Phi) is 6.80. The van der Waals surface area contributed by atoms with E-state index in [1.54, 1.807) is 7.11 Å². The minimum atomic E-state index is -0.0103. The molecule has 1 aromatic rings. The first-order chi connectivity index (χ1) is 9.48. The third kappa shape index (κ3) is 5.79. The second-order valence-corrected chi connectivity index (χ2v) is 5.73. The highest BCUT2D eigenvalue weighted by Crippen LogP contribution is 2.22. The van der Waals surface area contributed by atoms with Crippen LogP contribution in [0.15, 0.2) is 24.3 Å². The SMILES string of the molecule is CCOC(C)(C)CCC/C=C/c1cc(C)ccc1OC. The van der Waals surface area contributed by atoms with Crippen molar-refractivity contribution >= 4 is 6.08 Å². The van der Waals surface area contributed by atoms with E-state index in [0.717, 1.165) is 37.2 Å².